The van der Waals surface area contributed by atoms with Gasteiger partial charge in [0.05, 0.1) is 19.8 Å². The summed E-state index contributed by atoms with van der Waals surface area (Å²) in [6.45, 7) is 2.95. The third-order valence-electron chi connectivity index (χ3n) is 4.55. The number of ether oxygens (including phenoxy) is 2. The summed E-state index contributed by atoms with van der Waals surface area (Å²) in [6.07, 6.45) is 0. The Kier molecular flexibility index (Phi) is 5.11. The topological polar surface area (TPSA) is 59.1 Å². The number of aryl methyl sites for hydroxylation is 1. The lowest BCUT2D eigenvalue weighted by Crippen LogP contribution is -2.52. The van der Waals surface area contributed by atoms with Gasteiger partial charge in [0.1, 0.15) is 18.0 Å². The fourth-order valence-corrected chi connectivity index (χ4v) is 3.11. The van der Waals surface area contributed by atoms with Crippen molar-refractivity contribution in [3.05, 3.63) is 53.6 Å². The van der Waals surface area contributed by atoms with Crippen LogP contribution in [0, 0.1) is 6.92 Å². The first kappa shape index (κ1) is 17.8. The molecule has 0 unspecified atom stereocenters. The maximum absolute atomic E-state index is 12.9. The molecule has 1 fully saturated rings. The van der Waals surface area contributed by atoms with E-state index in [1.165, 1.54) is 7.11 Å². The SMILES string of the molecule is COc1ccc(C(=O)N2CCN(c3ccccc3C)C(=O)C2)c(OC)c1. The Morgan fingerprint density at radius 1 is 1.04 bits per heavy atom. The predicted molar refractivity (Wildman–Crippen MR) is 99.0 cm³/mol. The Labute approximate surface area is 152 Å². The van der Waals surface area contributed by atoms with Crippen molar-refractivity contribution in [2.45, 2.75) is 6.92 Å². The Morgan fingerprint density at radius 3 is 2.46 bits per heavy atom. The summed E-state index contributed by atoms with van der Waals surface area (Å²) >= 11 is 0. The van der Waals surface area contributed by atoms with E-state index in [1.807, 2.05) is 31.2 Å². The minimum Gasteiger partial charge on any atom is -0.497 e. The number of hydrogen-bond acceptors (Lipinski definition) is 4. The number of carbonyl (C=O) groups is 2. The van der Waals surface area contributed by atoms with Gasteiger partial charge in [-0.3, -0.25) is 9.59 Å². The standard InChI is InChI=1S/C20H22N2O4/c1-14-6-4-5-7-17(14)22-11-10-21(13-19(22)23)20(24)16-9-8-15(25-2)12-18(16)26-3/h4-9,12H,10-11,13H2,1-3H3. The number of amides is 2. The normalized spacial score (nSPS) is 14.3. The molecule has 0 aromatic heterocycles. The van der Waals surface area contributed by atoms with Crippen LogP contribution in [0.5, 0.6) is 11.5 Å². The van der Waals surface area contributed by atoms with Crippen LogP contribution in [0.4, 0.5) is 5.69 Å². The van der Waals surface area contributed by atoms with Crippen molar-refractivity contribution in [2.75, 3.05) is 38.8 Å². The minimum absolute atomic E-state index is 0.0440. The van der Waals surface area contributed by atoms with E-state index in [0.717, 1.165) is 11.3 Å². The van der Waals surface area contributed by atoms with Gasteiger partial charge < -0.3 is 19.3 Å². The van der Waals surface area contributed by atoms with E-state index in [9.17, 15) is 9.59 Å². The number of hydrogen-bond donors (Lipinski definition) is 0. The quantitative estimate of drug-likeness (QED) is 0.846. The molecule has 0 bridgehead atoms. The molecule has 136 valence electrons. The van der Waals surface area contributed by atoms with Crippen LogP contribution in [-0.4, -0.2) is 50.6 Å². The van der Waals surface area contributed by atoms with Gasteiger partial charge in [0.2, 0.25) is 5.91 Å². The van der Waals surface area contributed by atoms with Crippen LogP contribution in [0.2, 0.25) is 0 Å². The molecule has 0 radical (unpaired) electrons. The van der Waals surface area contributed by atoms with Crippen molar-refractivity contribution in [3.63, 3.8) is 0 Å². The first-order valence-corrected chi connectivity index (χ1v) is 8.42. The summed E-state index contributed by atoms with van der Waals surface area (Å²) in [5.74, 6) is 0.732. The molecule has 0 N–H and O–H groups in total. The molecule has 6 nitrogen and oxygen atoms in total. The molecule has 2 aromatic rings. The van der Waals surface area contributed by atoms with Crippen molar-refractivity contribution >= 4 is 17.5 Å². The smallest absolute Gasteiger partial charge is 0.258 e. The van der Waals surface area contributed by atoms with Crippen LogP contribution < -0.4 is 14.4 Å². The molecular formula is C20H22N2O4. The number of methoxy groups -OCH3 is 2. The Morgan fingerprint density at radius 2 is 1.81 bits per heavy atom. The molecule has 2 amide bonds. The van der Waals surface area contributed by atoms with Gasteiger partial charge in [-0.15, -0.1) is 0 Å². The van der Waals surface area contributed by atoms with E-state index in [0.29, 0.717) is 30.2 Å². The van der Waals surface area contributed by atoms with Crippen LogP contribution in [0.3, 0.4) is 0 Å². The van der Waals surface area contributed by atoms with E-state index < -0.39 is 0 Å². The highest BCUT2D eigenvalue weighted by Gasteiger charge is 2.30. The average Bonchev–Trinajstić information content (AvgIpc) is 2.67. The fourth-order valence-electron chi connectivity index (χ4n) is 3.11. The highest BCUT2D eigenvalue weighted by Crippen LogP contribution is 2.27. The molecule has 1 heterocycles. The summed E-state index contributed by atoms with van der Waals surface area (Å²) in [6, 6.07) is 12.8. The van der Waals surface area contributed by atoms with Gasteiger partial charge in [-0.25, -0.2) is 0 Å². The van der Waals surface area contributed by atoms with E-state index in [2.05, 4.69) is 0 Å². The molecule has 0 spiro atoms. The summed E-state index contributed by atoms with van der Waals surface area (Å²) in [5, 5.41) is 0. The molecule has 0 aliphatic carbocycles. The third kappa shape index (κ3) is 3.35. The van der Waals surface area contributed by atoms with Crippen molar-refractivity contribution in [2.24, 2.45) is 0 Å². The fraction of sp³-hybridized carbons (Fsp3) is 0.300. The van der Waals surface area contributed by atoms with Crippen LogP contribution in [0.25, 0.3) is 0 Å². The molecule has 0 atom stereocenters. The molecule has 1 saturated heterocycles. The van der Waals surface area contributed by atoms with Gasteiger partial charge in [0.15, 0.2) is 0 Å². The van der Waals surface area contributed by atoms with E-state index in [4.69, 9.17) is 9.47 Å². The number of anilines is 1. The van der Waals surface area contributed by atoms with Crippen LogP contribution in [0.15, 0.2) is 42.5 Å². The molecule has 6 heteroatoms. The second-order valence-electron chi connectivity index (χ2n) is 6.12. The van der Waals surface area contributed by atoms with E-state index in [1.54, 1.807) is 35.1 Å². The van der Waals surface area contributed by atoms with Gasteiger partial charge in [-0.1, -0.05) is 18.2 Å². The van der Waals surface area contributed by atoms with E-state index in [-0.39, 0.29) is 18.4 Å². The Balaban J connectivity index is 1.78. The number of piperazine rings is 1. The largest absolute Gasteiger partial charge is 0.497 e. The maximum atomic E-state index is 12.9. The van der Waals surface area contributed by atoms with Gasteiger partial charge in [-0.2, -0.15) is 0 Å². The second kappa shape index (κ2) is 7.47. The molecule has 1 aliphatic rings. The highest BCUT2D eigenvalue weighted by atomic mass is 16.5. The number of para-hydroxylation sites is 1. The monoisotopic (exact) mass is 354 g/mol. The summed E-state index contributed by atoms with van der Waals surface area (Å²) in [7, 11) is 3.06. The van der Waals surface area contributed by atoms with Gasteiger partial charge in [0.25, 0.3) is 5.91 Å². The summed E-state index contributed by atoms with van der Waals surface area (Å²) < 4.78 is 10.5. The van der Waals surface area contributed by atoms with Crippen molar-refractivity contribution in [3.8, 4) is 11.5 Å². The third-order valence-corrected chi connectivity index (χ3v) is 4.55. The average molecular weight is 354 g/mol. The second-order valence-corrected chi connectivity index (χ2v) is 6.12. The molecule has 2 aromatic carbocycles. The Bertz CT molecular complexity index is 834. The maximum Gasteiger partial charge on any atom is 0.258 e. The minimum atomic E-state index is -0.220. The molecular weight excluding hydrogens is 332 g/mol. The first-order chi connectivity index (χ1) is 12.5. The zero-order valence-electron chi connectivity index (χ0n) is 15.2. The van der Waals surface area contributed by atoms with E-state index >= 15 is 0 Å². The van der Waals surface area contributed by atoms with Crippen molar-refractivity contribution < 1.29 is 19.1 Å². The summed E-state index contributed by atoms with van der Waals surface area (Å²) in [4.78, 5) is 28.8. The highest BCUT2D eigenvalue weighted by molar-refractivity contribution is 6.03. The number of rotatable bonds is 4. The van der Waals surface area contributed by atoms with Gasteiger partial charge >= 0.3 is 0 Å². The van der Waals surface area contributed by atoms with Crippen LogP contribution in [-0.2, 0) is 4.79 Å². The molecule has 3 rings (SSSR count). The number of carbonyl (C=O) groups excluding carboxylic acids is 2. The zero-order chi connectivity index (χ0) is 18.7. The first-order valence-electron chi connectivity index (χ1n) is 8.42. The lowest BCUT2D eigenvalue weighted by molar-refractivity contribution is -0.120. The summed E-state index contributed by atoms with van der Waals surface area (Å²) in [5.41, 5.74) is 2.36. The zero-order valence-corrected chi connectivity index (χ0v) is 15.2. The van der Waals surface area contributed by atoms with Crippen LogP contribution in [0.1, 0.15) is 15.9 Å². The number of nitrogens with zero attached hydrogens (tertiary/aromatic N) is 2. The van der Waals surface area contributed by atoms with Gasteiger partial charge in [-0.05, 0) is 30.7 Å². The number of benzene rings is 2. The molecule has 0 saturated carbocycles. The molecule has 1 aliphatic heterocycles. The Hall–Kier alpha value is -3.02. The predicted octanol–water partition coefficient (Wildman–Crippen LogP) is 2.50. The lowest BCUT2D eigenvalue weighted by Gasteiger charge is -2.35. The molecule has 26 heavy (non-hydrogen) atoms. The van der Waals surface area contributed by atoms with Crippen molar-refractivity contribution in [1.29, 1.82) is 0 Å². The lowest BCUT2D eigenvalue weighted by atomic mass is 10.1. The van der Waals surface area contributed by atoms with Crippen molar-refractivity contribution in [1.82, 2.24) is 4.90 Å². The van der Waals surface area contributed by atoms with Gasteiger partial charge in [0, 0.05) is 24.8 Å². The van der Waals surface area contributed by atoms with Crippen LogP contribution >= 0.6 is 0 Å².